The van der Waals surface area contributed by atoms with Gasteiger partial charge in [0.15, 0.2) is 0 Å². The Morgan fingerprint density at radius 3 is 2.31 bits per heavy atom. The molecule has 3 nitrogen and oxygen atoms in total. The second kappa shape index (κ2) is 9.34. The SMILES string of the molecule is COc1ccccc1N1CCN(C(Cc2cccc(Cl)c2)c2ccccc2)CC1. The second-order valence-corrected chi connectivity index (χ2v) is 7.89. The normalized spacial score (nSPS) is 15.9. The summed E-state index contributed by atoms with van der Waals surface area (Å²) >= 11 is 6.24. The van der Waals surface area contributed by atoms with Crippen LogP contribution in [0, 0.1) is 0 Å². The third kappa shape index (κ3) is 4.75. The first-order chi connectivity index (χ1) is 14.2. The molecule has 0 aliphatic carbocycles. The summed E-state index contributed by atoms with van der Waals surface area (Å²) in [5.41, 5.74) is 3.82. The number of anilines is 1. The summed E-state index contributed by atoms with van der Waals surface area (Å²) in [7, 11) is 1.74. The largest absolute Gasteiger partial charge is 0.495 e. The zero-order valence-electron chi connectivity index (χ0n) is 16.8. The molecule has 1 fully saturated rings. The first-order valence-corrected chi connectivity index (χ1v) is 10.5. The number of piperazine rings is 1. The van der Waals surface area contributed by atoms with Crippen LogP contribution in [0.15, 0.2) is 78.9 Å². The maximum absolute atomic E-state index is 6.24. The molecule has 1 aliphatic rings. The monoisotopic (exact) mass is 406 g/mol. The molecule has 4 heteroatoms. The first kappa shape index (κ1) is 19.8. The van der Waals surface area contributed by atoms with Crippen LogP contribution in [-0.2, 0) is 6.42 Å². The highest BCUT2D eigenvalue weighted by atomic mass is 35.5. The summed E-state index contributed by atoms with van der Waals surface area (Å²) in [5, 5.41) is 0.801. The van der Waals surface area contributed by atoms with Gasteiger partial charge in [-0.15, -0.1) is 0 Å². The molecule has 150 valence electrons. The minimum Gasteiger partial charge on any atom is -0.495 e. The van der Waals surface area contributed by atoms with Crippen molar-refractivity contribution in [1.29, 1.82) is 0 Å². The Kier molecular flexibility index (Phi) is 6.38. The van der Waals surface area contributed by atoms with Gasteiger partial charge in [0.25, 0.3) is 0 Å². The summed E-state index contributed by atoms with van der Waals surface area (Å²) in [5.74, 6) is 0.944. The maximum Gasteiger partial charge on any atom is 0.142 e. The van der Waals surface area contributed by atoms with Crippen LogP contribution in [0.25, 0.3) is 0 Å². The molecular formula is C25H27ClN2O. The molecule has 0 bridgehead atoms. The van der Waals surface area contributed by atoms with Crippen molar-refractivity contribution in [3.05, 3.63) is 95.0 Å². The van der Waals surface area contributed by atoms with Crippen LogP contribution in [0.1, 0.15) is 17.2 Å². The van der Waals surface area contributed by atoms with Gasteiger partial charge in [-0.05, 0) is 41.8 Å². The summed E-state index contributed by atoms with van der Waals surface area (Å²) in [6.45, 7) is 3.99. The molecule has 0 spiro atoms. The minimum atomic E-state index is 0.342. The van der Waals surface area contributed by atoms with Crippen molar-refractivity contribution in [3.63, 3.8) is 0 Å². The number of rotatable bonds is 6. The molecular weight excluding hydrogens is 380 g/mol. The van der Waals surface area contributed by atoms with Crippen molar-refractivity contribution >= 4 is 17.3 Å². The molecule has 1 aliphatic heterocycles. The van der Waals surface area contributed by atoms with Gasteiger partial charge < -0.3 is 9.64 Å². The molecule has 0 saturated carbocycles. The van der Waals surface area contributed by atoms with E-state index >= 15 is 0 Å². The van der Waals surface area contributed by atoms with Crippen molar-refractivity contribution in [3.8, 4) is 5.75 Å². The van der Waals surface area contributed by atoms with Crippen LogP contribution in [-0.4, -0.2) is 38.2 Å². The second-order valence-electron chi connectivity index (χ2n) is 7.46. The van der Waals surface area contributed by atoms with Crippen molar-refractivity contribution in [2.45, 2.75) is 12.5 Å². The van der Waals surface area contributed by atoms with Gasteiger partial charge in [0.05, 0.1) is 12.8 Å². The van der Waals surface area contributed by atoms with Gasteiger partial charge in [0, 0.05) is 37.2 Å². The molecule has 4 rings (SSSR count). The number of benzene rings is 3. The number of ether oxygens (including phenoxy) is 1. The van der Waals surface area contributed by atoms with Gasteiger partial charge in [0.1, 0.15) is 5.75 Å². The third-order valence-corrected chi connectivity index (χ3v) is 5.92. The highest BCUT2D eigenvalue weighted by Gasteiger charge is 2.26. The van der Waals surface area contributed by atoms with Crippen LogP contribution in [0.5, 0.6) is 5.75 Å². The number of hydrogen-bond acceptors (Lipinski definition) is 3. The van der Waals surface area contributed by atoms with Crippen molar-refractivity contribution in [2.24, 2.45) is 0 Å². The lowest BCUT2D eigenvalue weighted by Gasteiger charge is -2.41. The quantitative estimate of drug-likeness (QED) is 0.541. The van der Waals surface area contributed by atoms with E-state index in [1.807, 2.05) is 24.3 Å². The molecule has 0 aromatic heterocycles. The van der Waals surface area contributed by atoms with Gasteiger partial charge in [0.2, 0.25) is 0 Å². The number of methoxy groups -OCH3 is 1. The first-order valence-electron chi connectivity index (χ1n) is 10.2. The van der Waals surface area contributed by atoms with Gasteiger partial charge in [-0.25, -0.2) is 0 Å². The average molecular weight is 407 g/mol. The lowest BCUT2D eigenvalue weighted by Crippen LogP contribution is -2.48. The van der Waals surface area contributed by atoms with E-state index in [0.717, 1.165) is 43.4 Å². The summed E-state index contributed by atoms with van der Waals surface area (Å²) in [4.78, 5) is 5.03. The van der Waals surface area contributed by atoms with Crippen LogP contribution >= 0.6 is 11.6 Å². The molecule has 3 aromatic rings. The summed E-state index contributed by atoms with van der Waals surface area (Å²) in [6.07, 6.45) is 0.958. The molecule has 1 saturated heterocycles. The molecule has 1 atom stereocenters. The lowest BCUT2D eigenvalue weighted by atomic mass is 9.96. The van der Waals surface area contributed by atoms with E-state index in [1.54, 1.807) is 7.11 Å². The fourth-order valence-corrected chi connectivity index (χ4v) is 4.40. The fraction of sp³-hybridized carbons (Fsp3) is 0.280. The Bertz CT molecular complexity index is 923. The van der Waals surface area contributed by atoms with E-state index in [4.69, 9.17) is 16.3 Å². The number of halogens is 1. The molecule has 1 heterocycles. The molecule has 0 amide bonds. The predicted molar refractivity (Wildman–Crippen MR) is 121 cm³/mol. The van der Waals surface area contributed by atoms with Crippen molar-refractivity contribution < 1.29 is 4.74 Å². The van der Waals surface area contributed by atoms with Crippen molar-refractivity contribution in [2.75, 3.05) is 38.2 Å². The standard InChI is InChI=1S/C25H27ClN2O/c1-29-25-13-6-5-12-23(25)27-14-16-28(17-15-27)24(21-9-3-2-4-10-21)19-20-8-7-11-22(26)18-20/h2-13,18,24H,14-17,19H2,1H3. The van der Waals surface area contributed by atoms with E-state index in [2.05, 4.69) is 64.4 Å². The van der Waals surface area contributed by atoms with Gasteiger partial charge in [-0.3, -0.25) is 4.90 Å². The van der Waals surface area contributed by atoms with Crippen molar-refractivity contribution in [1.82, 2.24) is 4.90 Å². The van der Waals surface area contributed by atoms with Gasteiger partial charge in [-0.2, -0.15) is 0 Å². The van der Waals surface area contributed by atoms with E-state index < -0.39 is 0 Å². The smallest absolute Gasteiger partial charge is 0.142 e. The lowest BCUT2D eigenvalue weighted by molar-refractivity contribution is 0.184. The van der Waals surface area contributed by atoms with Crippen LogP contribution < -0.4 is 9.64 Å². The summed E-state index contributed by atoms with van der Waals surface area (Å²) in [6, 6.07) is 27.7. The Morgan fingerprint density at radius 2 is 1.59 bits per heavy atom. The summed E-state index contributed by atoms with van der Waals surface area (Å²) < 4.78 is 5.56. The predicted octanol–water partition coefficient (Wildman–Crippen LogP) is 5.45. The molecule has 0 radical (unpaired) electrons. The highest BCUT2D eigenvalue weighted by molar-refractivity contribution is 6.30. The maximum atomic E-state index is 6.24. The van der Waals surface area contributed by atoms with E-state index in [0.29, 0.717) is 6.04 Å². The zero-order valence-corrected chi connectivity index (χ0v) is 17.6. The number of nitrogens with zero attached hydrogens (tertiary/aromatic N) is 2. The van der Waals surface area contributed by atoms with E-state index in [1.165, 1.54) is 16.8 Å². The fourth-order valence-electron chi connectivity index (χ4n) is 4.19. The molecule has 29 heavy (non-hydrogen) atoms. The Balaban J connectivity index is 1.52. The third-order valence-electron chi connectivity index (χ3n) is 5.68. The van der Waals surface area contributed by atoms with Gasteiger partial charge >= 0.3 is 0 Å². The number of para-hydroxylation sites is 2. The Hall–Kier alpha value is -2.49. The zero-order chi connectivity index (χ0) is 20.1. The number of hydrogen-bond donors (Lipinski definition) is 0. The highest BCUT2D eigenvalue weighted by Crippen LogP contribution is 2.31. The van der Waals surface area contributed by atoms with Gasteiger partial charge in [-0.1, -0.05) is 66.2 Å². The van der Waals surface area contributed by atoms with E-state index in [-0.39, 0.29) is 0 Å². The van der Waals surface area contributed by atoms with E-state index in [9.17, 15) is 0 Å². The Morgan fingerprint density at radius 1 is 0.862 bits per heavy atom. The molecule has 1 unspecified atom stereocenters. The Labute approximate surface area is 178 Å². The average Bonchev–Trinajstić information content (AvgIpc) is 2.78. The molecule has 0 N–H and O–H groups in total. The van der Waals surface area contributed by atoms with Crippen LogP contribution in [0.3, 0.4) is 0 Å². The van der Waals surface area contributed by atoms with Crippen LogP contribution in [0.4, 0.5) is 5.69 Å². The minimum absolute atomic E-state index is 0.342. The molecule has 3 aromatic carbocycles. The topological polar surface area (TPSA) is 15.7 Å². The van der Waals surface area contributed by atoms with Crippen LogP contribution in [0.2, 0.25) is 5.02 Å².